The van der Waals surface area contributed by atoms with Gasteiger partial charge in [0.05, 0.1) is 11.0 Å². The van der Waals surface area contributed by atoms with Gasteiger partial charge in [0.15, 0.2) is 0 Å². The van der Waals surface area contributed by atoms with E-state index in [4.69, 9.17) is 15.4 Å². The summed E-state index contributed by atoms with van der Waals surface area (Å²) in [6, 6.07) is 11.6. The summed E-state index contributed by atoms with van der Waals surface area (Å²) in [6.45, 7) is 0. The van der Waals surface area contributed by atoms with E-state index in [2.05, 4.69) is 0 Å². The highest BCUT2D eigenvalue weighted by molar-refractivity contribution is 6.20. The van der Waals surface area contributed by atoms with Crippen molar-refractivity contribution in [3.8, 4) is 11.1 Å². The molecule has 1 nitrogen and oxygen atoms in total. The summed E-state index contributed by atoms with van der Waals surface area (Å²) >= 11 is 0. The lowest BCUT2D eigenvalue weighted by Gasteiger charge is -2.13. The standard InChI is InChI=1S/C26H16O/c1-3-10-19-17(8-1)16-18-9-2-4-11-20(18)25(19)22-13-7-15-24-26(22)21-12-5-6-14-23(21)27-24/h1-16H/i1D,2D,3D,4D,8D,9D,10D,11D. The average molecular weight is 352 g/mol. The number of para-hydroxylation sites is 1. The molecule has 0 spiro atoms. The van der Waals surface area contributed by atoms with Crippen LogP contribution in [0.4, 0.5) is 0 Å². The number of benzene rings is 5. The molecule has 0 aliphatic rings. The Hall–Kier alpha value is -3.58. The molecule has 27 heavy (non-hydrogen) atoms. The van der Waals surface area contributed by atoms with E-state index in [1.165, 1.54) is 6.07 Å². The number of rotatable bonds is 1. The maximum absolute atomic E-state index is 8.74. The zero-order valence-corrected chi connectivity index (χ0v) is 14.0. The van der Waals surface area contributed by atoms with Crippen LogP contribution in [-0.2, 0) is 0 Å². The van der Waals surface area contributed by atoms with Crippen LogP contribution >= 0.6 is 0 Å². The minimum atomic E-state index is -0.409. The van der Waals surface area contributed by atoms with Crippen molar-refractivity contribution in [2.45, 2.75) is 0 Å². The summed E-state index contributed by atoms with van der Waals surface area (Å²) in [5.74, 6) is 0. The van der Waals surface area contributed by atoms with Gasteiger partial charge in [0.25, 0.3) is 0 Å². The fourth-order valence-electron chi connectivity index (χ4n) is 3.78. The van der Waals surface area contributed by atoms with Gasteiger partial charge in [-0.1, -0.05) is 78.7 Å². The topological polar surface area (TPSA) is 13.1 Å². The molecule has 0 atom stereocenters. The fourth-order valence-corrected chi connectivity index (χ4v) is 3.78. The van der Waals surface area contributed by atoms with E-state index in [0.717, 1.165) is 5.39 Å². The highest BCUT2D eigenvalue weighted by atomic mass is 16.3. The summed E-state index contributed by atoms with van der Waals surface area (Å²) in [5, 5.41) is 2.28. The summed E-state index contributed by atoms with van der Waals surface area (Å²) < 4.78 is 73.6. The molecule has 0 saturated heterocycles. The van der Waals surface area contributed by atoms with Crippen LogP contribution in [-0.4, -0.2) is 0 Å². The monoisotopic (exact) mass is 352 g/mol. The van der Waals surface area contributed by atoms with Crippen molar-refractivity contribution in [1.82, 2.24) is 0 Å². The van der Waals surface area contributed by atoms with Crippen molar-refractivity contribution in [2.75, 3.05) is 0 Å². The molecule has 5 aromatic carbocycles. The molecule has 0 aliphatic carbocycles. The van der Waals surface area contributed by atoms with E-state index < -0.39 is 24.2 Å². The van der Waals surface area contributed by atoms with E-state index in [1.807, 2.05) is 24.3 Å². The second-order valence-electron chi connectivity index (χ2n) is 6.37. The lowest BCUT2D eigenvalue weighted by atomic mass is 9.90. The summed E-state index contributed by atoms with van der Waals surface area (Å²) in [6.07, 6.45) is 0. The molecule has 1 heteroatoms. The molecule has 0 saturated carbocycles. The number of hydrogen-bond acceptors (Lipinski definition) is 1. The predicted molar refractivity (Wildman–Crippen MR) is 114 cm³/mol. The second-order valence-corrected chi connectivity index (χ2v) is 6.37. The lowest BCUT2D eigenvalue weighted by Crippen LogP contribution is -1.86. The van der Waals surface area contributed by atoms with Gasteiger partial charge in [-0.3, -0.25) is 0 Å². The van der Waals surface area contributed by atoms with E-state index >= 15 is 0 Å². The van der Waals surface area contributed by atoms with Crippen molar-refractivity contribution in [3.05, 3.63) is 96.9 Å². The zero-order valence-electron chi connectivity index (χ0n) is 22.0. The smallest absolute Gasteiger partial charge is 0.136 e. The van der Waals surface area contributed by atoms with Crippen molar-refractivity contribution in [3.63, 3.8) is 0 Å². The first kappa shape index (κ1) is 8.88. The molecule has 6 aromatic rings. The van der Waals surface area contributed by atoms with Gasteiger partial charge >= 0.3 is 0 Å². The van der Waals surface area contributed by atoms with Gasteiger partial charge in [0, 0.05) is 10.8 Å². The first-order valence-corrected chi connectivity index (χ1v) is 8.56. The van der Waals surface area contributed by atoms with Crippen molar-refractivity contribution >= 4 is 43.5 Å². The Morgan fingerprint density at radius 2 is 1.30 bits per heavy atom. The highest BCUT2D eigenvalue weighted by Crippen LogP contribution is 2.42. The van der Waals surface area contributed by atoms with E-state index in [-0.39, 0.29) is 45.7 Å². The second kappa shape index (κ2) is 5.46. The molecule has 0 radical (unpaired) electrons. The summed E-state index contributed by atoms with van der Waals surface area (Å²) in [7, 11) is 0. The Kier molecular flexibility index (Phi) is 1.79. The molecular formula is C26H16O. The van der Waals surface area contributed by atoms with Gasteiger partial charge in [0.2, 0.25) is 0 Å². The number of hydrogen-bond donors (Lipinski definition) is 0. The third kappa shape index (κ3) is 2.06. The van der Waals surface area contributed by atoms with Crippen LogP contribution in [0.2, 0.25) is 0 Å². The van der Waals surface area contributed by atoms with Crippen LogP contribution in [0.15, 0.2) is 101 Å². The number of furan rings is 1. The zero-order chi connectivity index (χ0) is 24.8. The first-order valence-electron chi connectivity index (χ1n) is 12.6. The molecular weight excluding hydrogens is 328 g/mol. The van der Waals surface area contributed by atoms with E-state index in [1.54, 1.807) is 18.2 Å². The maximum Gasteiger partial charge on any atom is 0.136 e. The Labute approximate surface area is 167 Å². The van der Waals surface area contributed by atoms with Crippen molar-refractivity contribution in [1.29, 1.82) is 0 Å². The normalized spacial score (nSPS) is 15.9. The lowest BCUT2D eigenvalue weighted by molar-refractivity contribution is 0.669. The van der Waals surface area contributed by atoms with E-state index in [0.29, 0.717) is 27.7 Å². The van der Waals surface area contributed by atoms with Gasteiger partial charge < -0.3 is 4.42 Å². The van der Waals surface area contributed by atoms with Crippen LogP contribution in [0.25, 0.3) is 54.6 Å². The number of fused-ring (bicyclic) bond motifs is 5. The largest absolute Gasteiger partial charge is 0.456 e. The van der Waals surface area contributed by atoms with Crippen LogP contribution in [0, 0.1) is 0 Å². The minimum Gasteiger partial charge on any atom is -0.456 e. The van der Waals surface area contributed by atoms with Gasteiger partial charge in [-0.15, -0.1) is 0 Å². The molecule has 0 unspecified atom stereocenters. The third-order valence-corrected chi connectivity index (χ3v) is 4.89. The Balaban J connectivity index is 1.99. The van der Waals surface area contributed by atoms with Gasteiger partial charge in [-0.25, -0.2) is 0 Å². The van der Waals surface area contributed by atoms with Crippen LogP contribution < -0.4 is 0 Å². The molecule has 0 bridgehead atoms. The molecule has 1 heterocycles. The summed E-state index contributed by atoms with van der Waals surface area (Å²) in [4.78, 5) is 0. The van der Waals surface area contributed by atoms with Crippen molar-refractivity contribution < 1.29 is 15.4 Å². The summed E-state index contributed by atoms with van der Waals surface area (Å²) in [5.41, 5.74) is 2.10. The Morgan fingerprint density at radius 1 is 0.630 bits per heavy atom. The Bertz CT molecular complexity index is 1810. The maximum atomic E-state index is 8.74. The van der Waals surface area contributed by atoms with Crippen LogP contribution in [0.3, 0.4) is 0 Å². The fraction of sp³-hybridized carbons (Fsp3) is 0. The molecule has 6 rings (SSSR count). The molecule has 126 valence electrons. The third-order valence-electron chi connectivity index (χ3n) is 4.89. The highest BCUT2D eigenvalue weighted by Gasteiger charge is 2.16. The SMILES string of the molecule is [2H]c1c([2H])c([2H])c2c(-c3cccc4oc5ccccc5c34)c3c([2H])c([2H])c([2H])c([2H])c3cc2c1[2H]. The Morgan fingerprint density at radius 3 is 2.07 bits per heavy atom. The average Bonchev–Trinajstić information content (AvgIpc) is 3.26. The van der Waals surface area contributed by atoms with Crippen LogP contribution in [0.1, 0.15) is 11.0 Å². The molecule has 0 amide bonds. The molecule has 0 aliphatic heterocycles. The first-order chi connectivity index (χ1) is 16.7. The molecule has 0 fully saturated rings. The molecule has 0 N–H and O–H groups in total. The van der Waals surface area contributed by atoms with Crippen molar-refractivity contribution in [2.24, 2.45) is 0 Å². The van der Waals surface area contributed by atoms with E-state index in [9.17, 15) is 0 Å². The van der Waals surface area contributed by atoms with Gasteiger partial charge in [-0.2, -0.15) is 0 Å². The minimum absolute atomic E-state index is 0.188. The quantitative estimate of drug-likeness (QED) is 0.278. The van der Waals surface area contributed by atoms with Gasteiger partial charge in [-0.05, 0) is 50.9 Å². The van der Waals surface area contributed by atoms with Gasteiger partial charge in [0.1, 0.15) is 11.2 Å². The predicted octanol–water partition coefficient (Wildman–Crippen LogP) is 7.56. The molecule has 1 aromatic heterocycles. The van der Waals surface area contributed by atoms with Crippen LogP contribution in [0.5, 0.6) is 0 Å².